The lowest BCUT2D eigenvalue weighted by atomic mass is 10.1. The molecule has 27 heavy (non-hydrogen) atoms. The Hall–Kier alpha value is -3.10. The van der Waals surface area contributed by atoms with E-state index >= 15 is 0 Å². The van der Waals surface area contributed by atoms with Crippen molar-refractivity contribution >= 4 is 17.8 Å². The fourth-order valence-electron chi connectivity index (χ4n) is 2.73. The second-order valence-corrected chi connectivity index (χ2v) is 6.14. The molecule has 0 unspecified atom stereocenters. The van der Waals surface area contributed by atoms with Gasteiger partial charge in [-0.1, -0.05) is 24.3 Å². The van der Waals surface area contributed by atoms with Crippen LogP contribution in [-0.2, 0) is 11.3 Å². The number of carbonyl (C=O) groups excluding carboxylic acids is 1. The average Bonchev–Trinajstić information content (AvgIpc) is 2.69. The highest BCUT2D eigenvalue weighted by atomic mass is 16.6. The highest BCUT2D eigenvalue weighted by Crippen LogP contribution is 2.12. The molecule has 0 atom stereocenters. The van der Waals surface area contributed by atoms with E-state index in [0.717, 1.165) is 38.4 Å². The van der Waals surface area contributed by atoms with Crippen molar-refractivity contribution in [3.63, 3.8) is 0 Å². The predicted octanol–water partition coefficient (Wildman–Crippen LogP) is 2.19. The van der Waals surface area contributed by atoms with E-state index in [1.807, 2.05) is 12.1 Å². The Kier molecular flexibility index (Phi) is 6.24. The molecule has 8 heteroatoms. The minimum Gasteiger partial charge on any atom is -0.379 e. The van der Waals surface area contributed by atoms with Gasteiger partial charge >= 0.3 is 0 Å². The first-order valence-corrected chi connectivity index (χ1v) is 8.59. The van der Waals surface area contributed by atoms with Crippen LogP contribution in [0.5, 0.6) is 0 Å². The Morgan fingerprint density at radius 1 is 1.22 bits per heavy atom. The van der Waals surface area contributed by atoms with E-state index in [1.165, 1.54) is 18.3 Å². The molecule has 1 saturated heterocycles. The molecule has 0 saturated carbocycles. The first kappa shape index (κ1) is 18.7. The van der Waals surface area contributed by atoms with E-state index in [-0.39, 0.29) is 11.6 Å². The third-order valence-corrected chi connectivity index (χ3v) is 4.19. The number of ether oxygens (including phenoxy) is 1. The van der Waals surface area contributed by atoms with Crippen LogP contribution in [-0.4, -0.2) is 48.2 Å². The number of hydrogen-bond donors (Lipinski definition) is 1. The topological polar surface area (TPSA) is 97.1 Å². The molecule has 2 aromatic rings. The second-order valence-electron chi connectivity index (χ2n) is 6.14. The van der Waals surface area contributed by atoms with Gasteiger partial charge in [-0.3, -0.25) is 19.8 Å². The second kappa shape index (κ2) is 9.02. The summed E-state index contributed by atoms with van der Waals surface area (Å²) in [7, 11) is 0. The highest BCUT2D eigenvalue weighted by Gasteiger charge is 2.11. The van der Waals surface area contributed by atoms with E-state index in [0.29, 0.717) is 11.1 Å². The minimum absolute atomic E-state index is 0.0267. The number of nitrogens with zero attached hydrogens (tertiary/aromatic N) is 3. The van der Waals surface area contributed by atoms with Crippen LogP contribution in [0.3, 0.4) is 0 Å². The van der Waals surface area contributed by atoms with Crippen LogP contribution in [0.1, 0.15) is 21.5 Å². The molecular formula is C19H20N4O4. The van der Waals surface area contributed by atoms with Crippen LogP contribution in [0, 0.1) is 10.1 Å². The summed E-state index contributed by atoms with van der Waals surface area (Å²) in [6, 6.07) is 13.4. The smallest absolute Gasteiger partial charge is 0.271 e. The Morgan fingerprint density at radius 3 is 2.67 bits per heavy atom. The molecule has 3 rings (SSSR count). The van der Waals surface area contributed by atoms with Crippen molar-refractivity contribution in [1.29, 1.82) is 0 Å². The zero-order chi connectivity index (χ0) is 19.1. The van der Waals surface area contributed by atoms with Crippen LogP contribution in [0.15, 0.2) is 53.6 Å². The number of nitro benzene ring substituents is 1. The van der Waals surface area contributed by atoms with Crippen molar-refractivity contribution in [3.8, 4) is 0 Å². The van der Waals surface area contributed by atoms with Gasteiger partial charge in [-0.15, -0.1) is 0 Å². The summed E-state index contributed by atoms with van der Waals surface area (Å²) in [6.45, 7) is 4.16. The monoisotopic (exact) mass is 368 g/mol. The van der Waals surface area contributed by atoms with E-state index in [4.69, 9.17) is 4.74 Å². The van der Waals surface area contributed by atoms with Crippen molar-refractivity contribution in [2.75, 3.05) is 26.3 Å². The van der Waals surface area contributed by atoms with Gasteiger partial charge in [0.05, 0.1) is 24.4 Å². The molecule has 1 fully saturated rings. The van der Waals surface area contributed by atoms with Crippen LogP contribution in [0.25, 0.3) is 0 Å². The summed E-state index contributed by atoms with van der Waals surface area (Å²) in [5.41, 5.74) is 4.57. The van der Waals surface area contributed by atoms with Gasteiger partial charge in [0.25, 0.3) is 11.6 Å². The quantitative estimate of drug-likeness (QED) is 0.479. The summed E-state index contributed by atoms with van der Waals surface area (Å²) in [5, 5.41) is 14.6. The van der Waals surface area contributed by atoms with Crippen LogP contribution >= 0.6 is 0 Å². The third kappa shape index (κ3) is 5.44. The van der Waals surface area contributed by atoms with E-state index in [9.17, 15) is 14.9 Å². The normalized spacial score (nSPS) is 15.0. The Morgan fingerprint density at radius 2 is 1.96 bits per heavy atom. The molecule has 0 aromatic heterocycles. The summed E-state index contributed by atoms with van der Waals surface area (Å²) in [5.74, 6) is -0.338. The van der Waals surface area contributed by atoms with Crippen LogP contribution in [0.4, 0.5) is 5.69 Å². The Balaban J connectivity index is 1.54. The maximum Gasteiger partial charge on any atom is 0.271 e. The summed E-state index contributed by atoms with van der Waals surface area (Å²) in [6.07, 6.45) is 1.37. The van der Waals surface area contributed by atoms with Crippen molar-refractivity contribution in [3.05, 3.63) is 75.3 Å². The zero-order valence-electron chi connectivity index (χ0n) is 14.7. The maximum atomic E-state index is 12.2. The van der Waals surface area contributed by atoms with E-state index in [1.54, 1.807) is 24.3 Å². The molecule has 1 aliphatic heterocycles. The molecule has 1 N–H and O–H groups in total. The van der Waals surface area contributed by atoms with Gasteiger partial charge in [-0.2, -0.15) is 5.10 Å². The van der Waals surface area contributed by atoms with Gasteiger partial charge < -0.3 is 4.74 Å². The number of morpholine rings is 1. The molecule has 0 aliphatic carbocycles. The number of nitro groups is 1. The number of benzene rings is 2. The molecule has 2 aromatic carbocycles. The molecule has 0 spiro atoms. The number of amides is 1. The molecule has 8 nitrogen and oxygen atoms in total. The average molecular weight is 368 g/mol. The maximum absolute atomic E-state index is 12.2. The van der Waals surface area contributed by atoms with Crippen molar-refractivity contribution in [2.24, 2.45) is 5.10 Å². The summed E-state index contributed by atoms with van der Waals surface area (Å²) < 4.78 is 5.33. The number of hydrogen-bond acceptors (Lipinski definition) is 6. The molecule has 1 aliphatic rings. The lowest BCUT2D eigenvalue weighted by molar-refractivity contribution is -0.384. The number of non-ortho nitro benzene ring substituents is 1. The van der Waals surface area contributed by atoms with Gasteiger partial charge in [0.15, 0.2) is 0 Å². The summed E-state index contributed by atoms with van der Waals surface area (Å²) >= 11 is 0. The number of nitrogens with one attached hydrogen (secondary N) is 1. The van der Waals surface area contributed by atoms with Crippen LogP contribution in [0.2, 0.25) is 0 Å². The molecule has 140 valence electrons. The number of rotatable bonds is 6. The van der Waals surface area contributed by atoms with Gasteiger partial charge in [-0.25, -0.2) is 5.43 Å². The Bertz CT molecular complexity index is 830. The SMILES string of the molecule is O=C(N/N=C\c1cccc([N+](=O)[O-])c1)c1ccc(CN2CCOCC2)cc1. The van der Waals surface area contributed by atoms with Crippen molar-refractivity contribution < 1.29 is 14.5 Å². The third-order valence-electron chi connectivity index (χ3n) is 4.19. The van der Waals surface area contributed by atoms with Gasteiger partial charge in [0, 0.05) is 42.9 Å². The highest BCUT2D eigenvalue weighted by molar-refractivity contribution is 5.94. The molecule has 0 radical (unpaired) electrons. The van der Waals surface area contributed by atoms with Gasteiger partial charge in [-0.05, 0) is 17.7 Å². The standard InChI is InChI=1S/C19H20N4O4/c24-19(21-20-13-16-2-1-3-18(12-16)23(25)26)17-6-4-15(5-7-17)14-22-8-10-27-11-9-22/h1-7,12-13H,8-11,14H2,(H,21,24)/b20-13-. The fraction of sp³-hybridized carbons (Fsp3) is 0.263. The van der Waals surface area contributed by atoms with Gasteiger partial charge in [0.2, 0.25) is 0 Å². The largest absolute Gasteiger partial charge is 0.379 e. The van der Waals surface area contributed by atoms with Crippen LogP contribution < -0.4 is 5.43 Å². The van der Waals surface area contributed by atoms with Gasteiger partial charge in [0.1, 0.15) is 0 Å². The number of carbonyl (C=O) groups is 1. The lowest BCUT2D eigenvalue weighted by Gasteiger charge is -2.26. The zero-order valence-corrected chi connectivity index (χ0v) is 14.7. The minimum atomic E-state index is -0.478. The summed E-state index contributed by atoms with van der Waals surface area (Å²) in [4.78, 5) is 24.7. The first-order chi connectivity index (χ1) is 13.1. The molecule has 1 heterocycles. The predicted molar refractivity (Wildman–Crippen MR) is 101 cm³/mol. The first-order valence-electron chi connectivity index (χ1n) is 8.59. The van der Waals surface area contributed by atoms with Crippen molar-refractivity contribution in [1.82, 2.24) is 10.3 Å². The molecule has 1 amide bonds. The lowest BCUT2D eigenvalue weighted by Crippen LogP contribution is -2.35. The number of hydrazone groups is 1. The van der Waals surface area contributed by atoms with E-state index < -0.39 is 4.92 Å². The fourth-order valence-corrected chi connectivity index (χ4v) is 2.73. The molecular weight excluding hydrogens is 348 g/mol. The van der Waals surface area contributed by atoms with E-state index in [2.05, 4.69) is 15.4 Å². The van der Waals surface area contributed by atoms with Crippen molar-refractivity contribution in [2.45, 2.75) is 6.54 Å². The Labute approximate surface area is 156 Å². The molecule has 0 bridgehead atoms.